The number of halogens is 1. The van der Waals surface area contributed by atoms with Gasteiger partial charge in [-0.05, 0) is 38.1 Å². The molecular weight excluding hydrogens is 294 g/mol. The largest absolute Gasteiger partial charge is 0.366 e. The smallest absolute Gasteiger partial charge is 0.249 e. The quantitative estimate of drug-likeness (QED) is 0.908. The monoisotopic (exact) mass is 307 g/mol. The fraction of sp³-hybridized carbons (Fsp3) is 0.250. The standard InChI is InChI=1S/C12H14BrN5/c1-8(2)15-11-7-14-18-12(17-11)16-10-5-3-9(13)4-6-10/h3-8H,1-2H3,(H2,15,16,17,18). The SMILES string of the molecule is CC(C)Nc1cnnc(Nc2ccc(Br)cc2)n1. The third-order valence-electron chi connectivity index (χ3n) is 2.10. The van der Waals surface area contributed by atoms with E-state index in [1.807, 2.05) is 38.1 Å². The molecule has 18 heavy (non-hydrogen) atoms. The summed E-state index contributed by atoms with van der Waals surface area (Å²) in [7, 11) is 0. The lowest BCUT2D eigenvalue weighted by Crippen LogP contribution is -2.12. The molecule has 0 spiro atoms. The molecule has 0 aliphatic rings. The fourth-order valence-corrected chi connectivity index (χ4v) is 1.65. The number of hydrogen-bond donors (Lipinski definition) is 2. The first-order valence-corrected chi connectivity index (χ1v) is 6.41. The Labute approximate surface area is 114 Å². The van der Waals surface area contributed by atoms with Gasteiger partial charge in [-0.15, -0.1) is 5.10 Å². The molecule has 0 radical (unpaired) electrons. The zero-order valence-electron chi connectivity index (χ0n) is 10.2. The first kappa shape index (κ1) is 12.8. The molecule has 2 aromatic rings. The van der Waals surface area contributed by atoms with E-state index in [2.05, 4.69) is 41.7 Å². The number of benzene rings is 1. The molecule has 1 heterocycles. The molecule has 0 bridgehead atoms. The van der Waals surface area contributed by atoms with E-state index >= 15 is 0 Å². The second-order valence-corrected chi connectivity index (χ2v) is 5.01. The molecule has 6 heteroatoms. The summed E-state index contributed by atoms with van der Waals surface area (Å²) in [5, 5.41) is 14.1. The lowest BCUT2D eigenvalue weighted by atomic mass is 10.3. The zero-order valence-corrected chi connectivity index (χ0v) is 11.8. The van der Waals surface area contributed by atoms with E-state index in [0.717, 1.165) is 10.2 Å². The van der Waals surface area contributed by atoms with E-state index in [9.17, 15) is 0 Å². The molecule has 1 aromatic heterocycles. The number of aromatic nitrogens is 3. The molecular formula is C12H14BrN5. The van der Waals surface area contributed by atoms with Crippen LogP contribution in [0.3, 0.4) is 0 Å². The van der Waals surface area contributed by atoms with Crippen molar-refractivity contribution in [3.63, 3.8) is 0 Å². The Morgan fingerprint density at radius 1 is 1.17 bits per heavy atom. The van der Waals surface area contributed by atoms with E-state index in [-0.39, 0.29) is 0 Å². The van der Waals surface area contributed by atoms with Crippen molar-refractivity contribution in [2.24, 2.45) is 0 Å². The molecule has 0 unspecified atom stereocenters. The summed E-state index contributed by atoms with van der Waals surface area (Å²) in [6.45, 7) is 4.09. The van der Waals surface area contributed by atoms with E-state index < -0.39 is 0 Å². The Balaban J connectivity index is 2.11. The lowest BCUT2D eigenvalue weighted by molar-refractivity contribution is 0.873. The van der Waals surface area contributed by atoms with Crippen LogP contribution in [0.2, 0.25) is 0 Å². The second kappa shape index (κ2) is 5.77. The van der Waals surface area contributed by atoms with Crippen molar-refractivity contribution in [3.8, 4) is 0 Å². The highest BCUT2D eigenvalue weighted by atomic mass is 79.9. The van der Waals surface area contributed by atoms with Gasteiger partial charge in [0.05, 0.1) is 6.20 Å². The van der Waals surface area contributed by atoms with Crippen LogP contribution in [0.1, 0.15) is 13.8 Å². The summed E-state index contributed by atoms with van der Waals surface area (Å²) < 4.78 is 1.03. The minimum Gasteiger partial charge on any atom is -0.366 e. The van der Waals surface area contributed by atoms with Crippen LogP contribution >= 0.6 is 15.9 Å². The van der Waals surface area contributed by atoms with Crippen LogP contribution in [-0.2, 0) is 0 Å². The zero-order chi connectivity index (χ0) is 13.0. The highest BCUT2D eigenvalue weighted by Crippen LogP contribution is 2.17. The van der Waals surface area contributed by atoms with Crippen molar-refractivity contribution < 1.29 is 0 Å². The third-order valence-corrected chi connectivity index (χ3v) is 2.62. The number of nitrogens with zero attached hydrogens (tertiary/aromatic N) is 3. The van der Waals surface area contributed by atoms with Gasteiger partial charge in [-0.2, -0.15) is 10.1 Å². The van der Waals surface area contributed by atoms with Crippen LogP contribution in [0, 0.1) is 0 Å². The Morgan fingerprint density at radius 3 is 2.56 bits per heavy atom. The number of anilines is 3. The highest BCUT2D eigenvalue weighted by molar-refractivity contribution is 9.10. The number of rotatable bonds is 4. The molecule has 0 amide bonds. The first-order valence-electron chi connectivity index (χ1n) is 5.62. The van der Waals surface area contributed by atoms with Crippen molar-refractivity contribution in [3.05, 3.63) is 34.9 Å². The molecule has 0 atom stereocenters. The van der Waals surface area contributed by atoms with Gasteiger partial charge in [-0.1, -0.05) is 15.9 Å². The van der Waals surface area contributed by atoms with Gasteiger partial charge in [0.15, 0.2) is 5.82 Å². The van der Waals surface area contributed by atoms with Gasteiger partial charge in [0.1, 0.15) is 0 Å². The van der Waals surface area contributed by atoms with Crippen molar-refractivity contribution in [2.75, 3.05) is 10.6 Å². The van der Waals surface area contributed by atoms with Gasteiger partial charge in [-0.25, -0.2) is 0 Å². The van der Waals surface area contributed by atoms with Crippen LogP contribution in [0.5, 0.6) is 0 Å². The molecule has 5 nitrogen and oxygen atoms in total. The fourth-order valence-electron chi connectivity index (χ4n) is 1.38. The normalized spacial score (nSPS) is 10.4. The topological polar surface area (TPSA) is 62.7 Å². The van der Waals surface area contributed by atoms with Crippen LogP contribution < -0.4 is 10.6 Å². The number of hydrogen-bond acceptors (Lipinski definition) is 5. The maximum atomic E-state index is 4.32. The molecule has 0 fully saturated rings. The van der Waals surface area contributed by atoms with Crippen LogP contribution in [0.15, 0.2) is 34.9 Å². The summed E-state index contributed by atoms with van der Waals surface area (Å²) in [6, 6.07) is 8.09. The number of nitrogens with one attached hydrogen (secondary N) is 2. The molecule has 0 saturated carbocycles. The minimum absolute atomic E-state index is 0.308. The first-order chi connectivity index (χ1) is 8.63. The van der Waals surface area contributed by atoms with E-state index in [4.69, 9.17) is 0 Å². The van der Waals surface area contributed by atoms with Gasteiger partial charge in [-0.3, -0.25) is 0 Å². The van der Waals surface area contributed by atoms with E-state index in [1.54, 1.807) is 6.20 Å². The van der Waals surface area contributed by atoms with E-state index in [1.165, 1.54) is 0 Å². The second-order valence-electron chi connectivity index (χ2n) is 4.10. The molecule has 0 saturated heterocycles. The van der Waals surface area contributed by atoms with Gasteiger partial charge >= 0.3 is 0 Å². The predicted octanol–water partition coefficient (Wildman–Crippen LogP) is 3.20. The van der Waals surface area contributed by atoms with Crippen LogP contribution in [0.25, 0.3) is 0 Å². The predicted molar refractivity (Wildman–Crippen MR) is 76.0 cm³/mol. The van der Waals surface area contributed by atoms with Crippen LogP contribution in [0.4, 0.5) is 17.5 Å². The molecule has 2 N–H and O–H groups in total. The van der Waals surface area contributed by atoms with Gasteiger partial charge in [0, 0.05) is 16.2 Å². The molecule has 94 valence electrons. The van der Waals surface area contributed by atoms with E-state index in [0.29, 0.717) is 17.8 Å². The van der Waals surface area contributed by atoms with Crippen molar-refractivity contribution in [1.82, 2.24) is 15.2 Å². The Bertz CT molecular complexity index is 512. The third kappa shape index (κ3) is 3.66. The average molecular weight is 308 g/mol. The van der Waals surface area contributed by atoms with Crippen molar-refractivity contribution in [1.29, 1.82) is 0 Å². The van der Waals surface area contributed by atoms with Gasteiger partial charge < -0.3 is 10.6 Å². The Kier molecular flexibility index (Phi) is 4.09. The maximum absolute atomic E-state index is 4.32. The molecule has 2 rings (SSSR count). The molecule has 1 aromatic carbocycles. The van der Waals surface area contributed by atoms with Gasteiger partial charge in [0.25, 0.3) is 0 Å². The molecule has 0 aliphatic heterocycles. The maximum Gasteiger partial charge on any atom is 0.249 e. The van der Waals surface area contributed by atoms with Crippen LogP contribution in [-0.4, -0.2) is 21.2 Å². The van der Waals surface area contributed by atoms with Crippen molar-refractivity contribution >= 4 is 33.4 Å². The summed E-state index contributed by atoms with van der Waals surface area (Å²) in [6.07, 6.45) is 1.60. The Hall–Kier alpha value is -1.69. The Morgan fingerprint density at radius 2 is 1.89 bits per heavy atom. The minimum atomic E-state index is 0.308. The summed E-state index contributed by atoms with van der Waals surface area (Å²) in [5.74, 6) is 1.18. The summed E-state index contributed by atoms with van der Waals surface area (Å²) in [5.41, 5.74) is 0.918. The summed E-state index contributed by atoms with van der Waals surface area (Å²) in [4.78, 5) is 4.32. The summed E-state index contributed by atoms with van der Waals surface area (Å²) >= 11 is 3.39. The average Bonchev–Trinajstić information content (AvgIpc) is 2.32. The lowest BCUT2D eigenvalue weighted by Gasteiger charge is -2.09. The van der Waals surface area contributed by atoms with Crippen molar-refractivity contribution in [2.45, 2.75) is 19.9 Å². The van der Waals surface area contributed by atoms with Gasteiger partial charge in [0.2, 0.25) is 5.95 Å². The highest BCUT2D eigenvalue weighted by Gasteiger charge is 2.02. The molecule has 0 aliphatic carbocycles.